The Balaban J connectivity index is 1.68. The highest BCUT2D eigenvalue weighted by molar-refractivity contribution is 7.92. The first-order valence-corrected chi connectivity index (χ1v) is 15.5. The molecular weight excluding hydrogens is 522 g/mol. The summed E-state index contributed by atoms with van der Waals surface area (Å²) in [7, 11) is -4.05. The molecule has 0 spiro atoms. The predicted molar refractivity (Wildman–Crippen MR) is 158 cm³/mol. The Morgan fingerprint density at radius 3 is 2.17 bits per heavy atom. The highest BCUT2D eigenvalue weighted by Crippen LogP contribution is 2.25. The van der Waals surface area contributed by atoms with Gasteiger partial charge in [0.25, 0.3) is 10.0 Å². The van der Waals surface area contributed by atoms with Gasteiger partial charge in [-0.1, -0.05) is 92.4 Å². The molecule has 3 aromatic rings. The molecule has 4 rings (SSSR count). The summed E-state index contributed by atoms with van der Waals surface area (Å²) in [5.74, 6) is -0.622. The third-order valence-corrected chi connectivity index (χ3v) is 9.22. The van der Waals surface area contributed by atoms with Crippen LogP contribution >= 0.6 is 0 Å². The summed E-state index contributed by atoms with van der Waals surface area (Å²) in [6, 6.07) is 23.9. The summed E-state index contributed by atoms with van der Waals surface area (Å²) >= 11 is 0. The normalized spacial score (nSPS) is 14.8. The van der Waals surface area contributed by atoms with E-state index in [9.17, 15) is 18.0 Å². The summed E-state index contributed by atoms with van der Waals surface area (Å²) in [6.07, 6.45) is 5.62. The summed E-state index contributed by atoms with van der Waals surface area (Å²) in [5, 5.41) is 3.18. The maximum atomic E-state index is 14.1. The zero-order chi connectivity index (χ0) is 28.5. The Labute approximate surface area is 238 Å². The number of carbonyl (C=O) groups is 2. The molecule has 40 heavy (non-hydrogen) atoms. The van der Waals surface area contributed by atoms with Gasteiger partial charge in [0.1, 0.15) is 12.6 Å². The smallest absolute Gasteiger partial charge is 0.264 e. The first kappa shape index (κ1) is 29.3. The largest absolute Gasteiger partial charge is 0.352 e. The number of aryl methyl sites for hydroxylation is 1. The molecule has 0 radical (unpaired) electrons. The van der Waals surface area contributed by atoms with Crippen molar-refractivity contribution in [2.24, 2.45) is 0 Å². The number of hydrogen-bond acceptors (Lipinski definition) is 4. The van der Waals surface area contributed by atoms with E-state index in [0.717, 1.165) is 41.1 Å². The predicted octanol–water partition coefficient (Wildman–Crippen LogP) is 5.45. The van der Waals surface area contributed by atoms with Crippen LogP contribution in [0, 0.1) is 6.92 Å². The van der Waals surface area contributed by atoms with E-state index in [4.69, 9.17) is 0 Å². The maximum Gasteiger partial charge on any atom is 0.264 e. The number of nitrogens with one attached hydrogen (secondary N) is 1. The SMILES string of the molecule is CCC(C(=O)NC1CCCCC1)N(Cc1cccc(C)c1)C(=O)CN(c1ccccc1)S(=O)(=O)c1ccccc1. The average Bonchev–Trinajstić information content (AvgIpc) is 2.97. The van der Waals surface area contributed by atoms with Crippen LogP contribution in [-0.2, 0) is 26.2 Å². The molecule has 0 saturated heterocycles. The van der Waals surface area contributed by atoms with Crippen molar-refractivity contribution < 1.29 is 18.0 Å². The fraction of sp³-hybridized carbons (Fsp3) is 0.375. The van der Waals surface area contributed by atoms with E-state index in [1.807, 2.05) is 38.1 Å². The molecule has 1 aliphatic carbocycles. The van der Waals surface area contributed by atoms with Gasteiger partial charge in [0.05, 0.1) is 10.6 Å². The number of hydrogen-bond donors (Lipinski definition) is 1. The number of rotatable bonds is 11. The van der Waals surface area contributed by atoms with Crippen LogP contribution in [0.2, 0.25) is 0 Å². The van der Waals surface area contributed by atoms with Gasteiger partial charge >= 0.3 is 0 Å². The van der Waals surface area contributed by atoms with Crippen LogP contribution in [0.1, 0.15) is 56.6 Å². The van der Waals surface area contributed by atoms with Crippen LogP contribution in [0.3, 0.4) is 0 Å². The molecule has 212 valence electrons. The number of para-hydroxylation sites is 1. The monoisotopic (exact) mass is 561 g/mol. The average molecular weight is 562 g/mol. The highest BCUT2D eigenvalue weighted by Gasteiger charge is 2.34. The second-order valence-electron chi connectivity index (χ2n) is 10.4. The van der Waals surface area contributed by atoms with E-state index in [1.165, 1.54) is 18.6 Å². The molecule has 1 unspecified atom stereocenters. The lowest BCUT2D eigenvalue weighted by molar-refractivity contribution is -0.140. The van der Waals surface area contributed by atoms with E-state index < -0.39 is 28.5 Å². The number of amides is 2. The van der Waals surface area contributed by atoms with Gasteiger partial charge in [0.2, 0.25) is 11.8 Å². The number of nitrogens with zero attached hydrogens (tertiary/aromatic N) is 2. The van der Waals surface area contributed by atoms with Crippen molar-refractivity contribution in [3.63, 3.8) is 0 Å². The molecule has 1 saturated carbocycles. The maximum absolute atomic E-state index is 14.1. The van der Waals surface area contributed by atoms with Gasteiger partial charge in [-0.15, -0.1) is 0 Å². The topological polar surface area (TPSA) is 86.8 Å². The van der Waals surface area contributed by atoms with Gasteiger partial charge < -0.3 is 10.2 Å². The van der Waals surface area contributed by atoms with Gasteiger partial charge in [-0.2, -0.15) is 0 Å². The molecule has 0 heterocycles. The second kappa shape index (κ2) is 13.6. The van der Waals surface area contributed by atoms with Crippen LogP contribution in [-0.4, -0.2) is 43.8 Å². The molecule has 1 N–H and O–H groups in total. The molecule has 3 aromatic carbocycles. The second-order valence-corrected chi connectivity index (χ2v) is 12.3. The lowest BCUT2D eigenvalue weighted by atomic mass is 9.95. The van der Waals surface area contributed by atoms with Gasteiger partial charge in [-0.05, 0) is 56.0 Å². The molecule has 7 nitrogen and oxygen atoms in total. The molecule has 0 aromatic heterocycles. The van der Waals surface area contributed by atoms with Gasteiger partial charge in [0, 0.05) is 12.6 Å². The Morgan fingerprint density at radius 1 is 0.900 bits per heavy atom. The van der Waals surface area contributed by atoms with Crippen molar-refractivity contribution in [3.8, 4) is 0 Å². The van der Waals surface area contributed by atoms with Crippen LogP contribution in [0.5, 0.6) is 0 Å². The third-order valence-electron chi connectivity index (χ3n) is 7.43. The van der Waals surface area contributed by atoms with Crippen molar-refractivity contribution in [2.45, 2.75) is 75.9 Å². The van der Waals surface area contributed by atoms with E-state index >= 15 is 0 Å². The third kappa shape index (κ3) is 7.30. The Hall–Kier alpha value is -3.65. The van der Waals surface area contributed by atoms with Crippen molar-refractivity contribution >= 4 is 27.5 Å². The number of anilines is 1. The fourth-order valence-corrected chi connectivity index (χ4v) is 6.75. The van der Waals surface area contributed by atoms with Gasteiger partial charge in [0.15, 0.2) is 0 Å². The standard InChI is InChI=1S/C32H39N3O4S/c1-3-30(32(37)33-27-16-7-4-8-17-27)34(23-26-15-13-14-25(2)22-26)31(36)24-35(28-18-9-5-10-19-28)40(38,39)29-20-11-6-12-21-29/h5-6,9-15,18-22,27,30H,3-4,7-8,16-17,23-24H2,1-2H3,(H,33,37). The van der Waals surface area contributed by atoms with Gasteiger partial charge in [-0.3, -0.25) is 13.9 Å². The van der Waals surface area contributed by atoms with E-state index in [-0.39, 0.29) is 23.4 Å². The van der Waals surface area contributed by atoms with Crippen molar-refractivity contribution in [1.82, 2.24) is 10.2 Å². The fourth-order valence-electron chi connectivity index (χ4n) is 5.31. The van der Waals surface area contributed by atoms with Crippen LogP contribution < -0.4 is 9.62 Å². The van der Waals surface area contributed by atoms with E-state index in [2.05, 4.69) is 5.32 Å². The molecule has 0 bridgehead atoms. The van der Waals surface area contributed by atoms with Gasteiger partial charge in [-0.25, -0.2) is 8.42 Å². The quantitative estimate of drug-likeness (QED) is 0.338. The van der Waals surface area contributed by atoms with Crippen molar-refractivity contribution in [2.75, 3.05) is 10.8 Å². The highest BCUT2D eigenvalue weighted by atomic mass is 32.2. The molecule has 2 amide bonds. The minimum Gasteiger partial charge on any atom is -0.352 e. The molecule has 1 atom stereocenters. The zero-order valence-corrected chi connectivity index (χ0v) is 24.1. The van der Waals surface area contributed by atoms with Crippen LogP contribution in [0.25, 0.3) is 0 Å². The van der Waals surface area contributed by atoms with E-state index in [1.54, 1.807) is 53.4 Å². The lowest BCUT2D eigenvalue weighted by Crippen LogP contribution is -2.54. The molecule has 0 aliphatic heterocycles. The molecule has 8 heteroatoms. The van der Waals surface area contributed by atoms with Crippen molar-refractivity contribution in [1.29, 1.82) is 0 Å². The first-order chi connectivity index (χ1) is 19.3. The van der Waals surface area contributed by atoms with Crippen LogP contribution in [0.4, 0.5) is 5.69 Å². The number of sulfonamides is 1. The zero-order valence-electron chi connectivity index (χ0n) is 23.3. The van der Waals surface area contributed by atoms with Crippen molar-refractivity contribution in [3.05, 3.63) is 96.1 Å². The van der Waals surface area contributed by atoms with E-state index in [0.29, 0.717) is 12.1 Å². The Kier molecular flexibility index (Phi) is 9.98. The summed E-state index contributed by atoms with van der Waals surface area (Å²) in [6.45, 7) is 3.63. The number of carbonyl (C=O) groups excluding carboxylic acids is 2. The number of benzene rings is 3. The summed E-state index contributed by atoms with van der Waals surface area (Å²) in [5.41, 5.74) is 2.31. The molecule has 1 aliphatic rings. The summed E-state index contributed by atoms with van der Waals surface area (Å²) in [4.78, 5) is 29.4. The first-order valence-electron chi connectivity index (χ1n) is 14.1. The Bertz CT molecular complexity index is 1370. The Morgan fingerprint density at radius 2 is 1.55 bits per heavy atom. The summed E-state index contributed by atoms with van der Waals surface area (Å²) < 4.78 is 28.7. The molecular formula is C32H39N3O4S. The molecule has 1 fully saturated rings. The lowest BCUT2D eigenvalue weighted by Gasteiger charge is -2.34. The minimum absolute atomic E-state index is 0.0963. The van der Waals surface area contributed by atoms with Crippen LogP contribution in [0.15, 0.2) is 89.8 Å². The minimum atomic E-state index is -4.05.